The highest BCUT2D eigenvalue weighted by atomic mass is 16.5. The maximum atomic E-state index is 6.32. The summed E-state index contributed by atoms with van der Waals surface area (Å²) in [5, 5.41) is 0. The molecule has 1 aromatic rings. The average molecular weight is 657 g/mol. The number of unbranched alkanes of at least 4 members (excludes halogenated alkanes) is 24. The first-order valence-electron chi connectivity index (χ1n) is 20.7. The fraction of sp³-hybridized carbons (Fsp3) is 0.837. The first kappa shape index (κ1) is 43.6. The number of aryl methyl sites for hydroxylation is 1. The molecule has 1 unspecified atom stereocenters. The van der Waals surface area contributed by atoms with E-state index >= 15 is 0 Å². The minimum absolute atomic E-state index is 0.0992. The van der Waals surface area contributed by atoms with Gasteiger partial charge in [-0.25, -0.2) is 4.98 Å². The van der Waals surface area contributed by atoms with Gasteiger partial charge in [-0.05, 0) is 64.2 Å². The molecule has 47 heavy (non-hydrogen) atoms. The van der Waals surface area contributed by atoms with Crippen LogP contribution in [-0.4, -0.2) is 35.5 Å². The number of rotatable bonds is 37. The lowest BCUT2D eigenvalue weighted by Gasteiger charge is -2.17. The van der Waals surface area contributed by atoms with Gasteiger partial charge in [0, 0.05) is 32.9 Å². The molecule has 4 nitrogen and oxygen atoms in total. The molecule has 0 aliphatic rings. The molecule has 0 radical (unpaired) electrons. The maximum Gasteiger partial charge on any atom is 0.0946 e. The Hall–Kier alpha value is -1.39. The molecular formula is C43H80N2O2. The lowest BCUT2D eigenvalue weighted by Crippen LogP contribution is -2.24. The van der Waals surface area contributed by atoms with Crippen molar-refractivity contribution in [2.75, 3.05) is 19.8 Å². The van der Waals surface area contributed by atoms with E-state index in [9.17, 15) is 0 Å². The molecule has 0 aliphatic heterocycles. The number of hydrogen-bond donors (Lipinski definition) is 0. The van der Waals surface area contributed by atoms with E-state index in [1.165, 1.54) is 167 Å². The summed E-state index contributed by atoms with van der Waals surface area (Å²) >= 11 is 0. The van der Waals surface area contributed by atoms with E-state index in [-0.39, 0.29) is 6.10 Å². The van der Waals surface area contributed by atoms with Crippen LogP contribution in [0, 0.1) is 0 Å². The van der Waals surface area contributed by atoms with Crippen molar-refractivity contribution >= 4 is 0 Å². The van der Waals surface area contributed by atoms with Crippen LogP contribution in [0.4, 0.5) is 0 Å². The molecule has 1 rings (SSSR count). The molecule has 274 valence electrons. The molecule has 1 atom stereocenters. The van der Waals surface area contributed by atoms with E-state index in [4.69, 9.17) is 9.47 Å². The van der Waals surface area contributed by atoms with Crippen LogP contribution in [-0.2, 0) is 22.9 Å². The molecule has 0 bridgehead atoms. The smallest absolute Gasteiger partial charge is 0.0946 e. The maximum absolute atomic E-state index is 6.32. The van der Waals surface area contributed by atoms with Crippen molar-refractivity contribution in [2.24, 2.45) is 7.05 Å². The predicted octanol–water partition coefficient (Wildman–Crippen LogP) is 13.4. The first-order valence-corrected chi connectivity index (χ1v) is 20.7. The number of ether oxygens (including phenoxy) is 2. The molecule has 0 aromatic carbocycles. The standard InChI is InChI=1S/C43H80N2O2/c1-4-6-8-10-12-14-16-18-20-22-24-26-28-30-32-34-36-46-40-43(38-42-39-45(3)41-44-42)47-37-35-33-31-29-27-25-23-21-19-17-15-13-11-9-7-5-2/h18-21,39,41,43H,4-17,22-38,40H2,1-3H3/b20-18-,21-19-. The van der Waals surface area contributed by atoms with Crippen molar-refractivity contribution in [1.82, 2.24) is 9.55 Å². The topological polar surface area (TPSA) is 36.3 Å². The average Bonchev–Trinajstić information content (AvgIpc) is 3.49. The van der Waals surface area contributed by atoms with Crippen LogP contribution in [0.1, 0.15) is 199 Å². The van der Waals surface area contributed by atoms with Gasteiger partial charge in [-0.2, -0.15) is 0 Å². The molecule has 4 heteroatoms. The van der Waals surface area contributed by atoms with Gasteiger partial charge in [-0.1, -0.05) is 154 Å². The summed E-state index contributed by atoms with van der Waals surface area (Å²) in [5.74, 6) is 0. The van der Waals surface area contributed by atoms with Crippen LogP contribution in [0.25, 0.3) is 0 Å². The fourth-order valence-corrected chi connectivity index (χ4v) is 6.24. The highest BCUT2D eigenvalue weighted by Gasteiger charge is 2.12. The summed E-state index contributed by atoms with van der Waals surface area (Å²) in [4.78, 5) is 4.53. The summed E-state index contributed by atoms with van der Waals surface area (Å²) in [7, 11) is 2.03. The highest BCUT2D eigenvalue weighted by Crippen LogP contribution is 2.13. The van der Waals surface area contributed by atoms with Gasteiger partial charge in [-0.3, -0.25) is 0 Å². The Morgan fingerprint density at radius 2 is 0.957 bits per heavy atom. The van der Waals surface area contributed by atoms with Crippen molar-refractivity contribution in [3.63, 3.8) is 0 Å². The zero-order valence-electron chi connectivity index (χ0n) is 31.9. The van der Waals surface area contributed by atoms with Crippen LogP contribution in [0.3, 0.4) is 0 Å². The molecule has 0 saturated heterocycles. The zero-order valence-corrected chi connectivity index (χ0v) is 31.9. The van der Waals surface area contributed by atoms with Crippen LogP contribution in [0.2, 0.25) is 0 Å². The molecule has 1 aromatic heterocycles. The third kappa shape index (κ3) is 31.6. The lowest BCUT2D eigenvalue weighted by atomic mass is 10.1. The van der Waals surface area contributed by atoms with Gasteiger partial charge in [0.25, 0.3) is 0 Å². The van der Waals surface area contributed by atoms with Crippen LogP contribution >= 0.6 is 0 Å². The first-order chi connectivity index (χ1) is 23.3. The Morgan fingerprint density at radius 3 is 1.38 bits per heavy atom. The van der Waals surface area contributed by atoms with E-state index in [2.05, 4.69) is 49.3 Å². The van der Waals surface area contributed by atoms with Crippen LogP contribution in [0.15, 0.2) is 36.8 Å². The Kier molecular flexibility index (Phi) is 33.3. The van der Waals surface area contributed by atoms with Crippen molar-refractivity contribution in [2.45, 2.75) is 206 Å². The zero-order chi connectivity index (χ0) is 33.7. The SMILES string of the molecule is CCCCCCCC/C=C\CCCCCCCCOCC(Cc1cn(C)cn1)OCCCCCCCC/C=C\CCCCCCCC. The van der Waals surface area contributed by atoms with Gasteiger partial charge < -0.3 is 14.0 Å². The second-order valence-electron chi connectivity index (χ2n) is 14.2. The number of nitrogens with zero attached hydrogens (tertiary/aromatic N) is 2. The number of aromatic nitrogens is 2. The Balaban J connectivity index is 2.00. The molecule has 0 fully saturated rings. The Bertz CT molecular complexity index is 801. The van der Waals surface area contributed by atoms with Gasteiger partial charge in [0.05, 0.1) is 24.7 Å². The van der Waals surface area contributed by atoms with Gasteiger partial charge in [0.15, 0.2) is 0 Å². The molecule has 0 amide bonds. The summed E-state index contributed by atoms with van der Waals surface area (Å²) in [6.45, 7) is 6.93. The summed E-state index contributed by atoms with van der Waals surface area (Å²) < 4.78 is 14.4. The minimum Gasteiger partial charge on any atom is -0.379 e. The molecule has 0 N–H and O–H groups in total. The molecule has 1 heterocycles. The normalized spacial score (nSPS) is 12.7. The van der Waals surface area contributed by atoms with Crippen molar-refractivity contribution in [1.29, 1.82) is 0 Å². The molecule has 0 saturated carbocycles. The molecule has 0 spiro atoms. The van der Waals surface area contributed by atoms with Crippen LogP contribution in [0.5, 0.6) is 0 Å². The summed E-state index contributed by atoms with van der Waals surface area (Å²) in [5.41, 5.74) is 1.10. The lowest BCUT2D eigenvalue weighted by molar-refractivity contribution is -0.0184. The van der Waals surface area contributed by atoms with E-state index in [0.717, 1.165) is 38.2 Å². The van der Waals surface area contributed by atoms with E-state index in [0.29, 0.717) is 6.61 Å². The Labute approximate surface area is 294 Å². The van der Waals surface area contributed by atoms with Gasteiger partial charge in [0.2, 0.25) is 0 Å². The fourth-order valence-electron chi connectivity index (χ4n) is 6.24. The quantitative estimate of drug-likeness (QED) is 0.0528. The predicted molar refractivity (Wildman–Crippen MR) is 206 cm³/mol. The second-order valence-corrected chi connectivity index (χ2v) is 14.2. The summed E-state index contributed by atoms with van der Waals surface area (Å²) in [6, 6.07) is 0. The van der Waals surface area contributed by atoms with Gasteiger partial charge in [0.1, 0.15) is 0 Å². The van der Waals surface area contributed by atoms with Crippen LogP contribution < -0.4 is 0 Å². The van der Waals surface area contributed by atoms with Crippen molar-refractivity contribution in [3.8, 4) is 0 Å². The second kappa shape index (κ2) is 35.9. The van der Waals surface area contributed by atoms with Gasteiger partial charge >= 0.3 is 0 Å². The highest BCUT2D eigenvalue weighted by molar-refractivity contribution is 4.98. The van der Waals surface area contributed by atoms with Gasteiger partial charge in [-0.15, -0.1) is 0 Å². The third-order valence-electron chi connectivity index (χ3n) is 9.31. The van der Waals surface area contributed by atoms with E-state index in [1.807, 2.05) is 17.9 Å². The minimum atomic E-state index is 0.0992. The number of imidazole rings is 1. The number of allylic oxidation sites excluding steroid dienone is 4. The van der Waals surface area contributed by atoms with Crippen molar-refractivity contribution < 1.29 is 9.47 Å². The van der Waals surface area contributed by atoms with E-state index < -0.39 is 0 Å². The third-order valence-corrected chi connectivity index (χ3v) is 9.31. The monoisotopic (exact) mass is 657 g/mol. The number of hydrogen-bond acceptors (Lipinski definition) is 3. The van der Waals surface area contributed by atoms with Crippen molar-refractivity contribution in [3.05, 3.63) is 42.5 Å². The molecular weight excluding hydrogens is 576 g/mol. The van der Waals surface area contributed by atoms with E-state index in [1.54, 1.807) is 0 Å². The summed E-state index contributed by atoms with van der Waals surface area (Å²) in [6.07, 6.45) is 52.0. The Morgan fingerprint density at radius 1 is 0.553 bits per heavy atom. The molecule has 0 aliphatic carbocycles. The largest absolute Gasteiger partial charge is 0.379 e.